The lowest BCUT2D eigenvalue weighted by molar-refractivity contribution is -0.123. The number of hydrogen-bond acceptors (Lipinski definition) is 6. The molecule has 2 aliphatic rings. The fourth-order valence-electron chi connectivity index (χ4n) is 3.36. The van der Waals surface area contributed by atoms with Gasteiger partial charge in [-0.25, -0.2) is 0 Å². The maximum atomic E-state index is 12.9. The first kappa shape index (κ1) is 19.7. The molecule has 4 rings (SSSR count). The number of fused-ring (bicyclic) bond motifs is 1. The first-order valence-corrected chi connectivity index (χ1v) is 9.70. The maximum Gasteiger partial charge on any atom is 0.258 e. The van der Waals surface area contributed by atoms with Gasteiger partial charge in [-0.3, -0.25) is 19.4 Å². The van der Waals surface area contributed by atoms with Gasteiger partial charge in [-0.15, -0.1) is 0 Å². The van der Waals surface area contributed by atoms with E-state index in [0.29, 0.717) is 48.0 Å². The first-order chi connectivity index (χ1) is 13.9. The molecule has 3 heterocycles. The predicted molar refractivity (Wildman–Crippen MR) is 109 cm³/mol. The van der Waals surface area contributed by atoms with Gasteiger partial charge in [0.25, 0.3) is 5.56 Å². The summed E-state index contributed by atoms with van der Waals surface area (Å²) in [7, 11) is 0. The average molecular weight is 438 g/mol. The minimum Gasteiger partial charge on any atom is -0.378 e. The molecule has 1 atom stereocenters. The van der Waals surface area contributed by atoms with Crippen LogP contribution in [0.4, 0.5) is 17.5 Å². The van der Waals surface area contributed by atoms with Crippen molar-refractivity contribution < 1.29 is 14.3 Å². The van der Waals surface area contributed by atoms with Crippen molar-refractivity contribution in [2.45, 2.75) is 12.3 Å². The summed E-state index contributed by atoms with van der Waals surface area (Å²) in [6, 6.07) is 4.59. The average Bonchev–Trinajstić information content (AvgIpc) is 2.66. The molecule has 0 aliphatic carbocycles. The predicted octanol–water partition coefficient (Wildman–Crippen LogP) is 1.98. The van der Waals surface area contributed by atoms with Crippen LogP contribution in [0.2, 0.25) is 10.0 Å². The lowest BCUT2D eigenvalue weighted by Crippen LogP contribution is -2.41. The third-order valence-corrected chi connectivity index (χ3v) is 5.13. The van der Waals surface area contributed by atoms with E-state index in [4.69, 9.17) is 27.9 Å². The number of nitrogens with zero attached hydrogens (tertiary/aromatic N) is 2. The smallest absolute Gasteiger partial charge is 0.258 e. The Morgan fingerprint density at radius 2 is 1.86 bits per heavy atom. The van der Waals surface area contributed by atoms with Crippen molar-refractivity contribution in [1.82, 2.24) is 9.97 Å². The molecular weight excluding hydrogens is 421 g/mol. The second-order valence-corrected chi connectivity index (χ2v) is 7.58. The topological polar surface area (TPSA) is 116 Å². The van der Waals surface area contributed by atoms with Crippen molar-refractivity contribution in [3.63, 3.8) is 0 Å². The van der Waals surface area contributed by atoms with Crippen LogP contribution in [0.5, 0.6) is 0 Å². The number of hydrogen-bond donors (Lipinski definition) is 3. The van der Waals surface area contributed by atoms with E-state index in [1.54, 1.807) is 0 Å². The number of aromatic amines is 1. The van der Waals surface area contributed by atoms with Crippen molar-refractivity contribution in [2.24, 2.45) is 0 Å². The van der Waals surface area contributed by atoms with Crippen LogP contribution in [0.15, 0.2) is 23.0 Å². The Bertz CT molecular complexity index is 1020. The van der Waals surface area contributed by atoms with Crippen molar-refractivity contribution in [1.29, 1.82) is 0 Å². The highest BCUT2D eigenvalue weighted by Crippen LogP contribution is 2.31. The molecule has 0 saturated carbocycles. The molecule has 2 aromatic rings. The Balaban J connectivity index is 1.65. The van der Waals surface area contributed by atoms with Gasteiger partial charge in [0.2, 0.25) is 17.8 Å². The van der Waals surface area contributed by atoms with E-state index in [2.05, 4.69) is 20.6 Å². The minimum absolute atomic E-state index is 0.0933. The third kappa shape index (κ3) is 4.21. The summed E-state index contributed by atoms with van der Waals surface area (Å²) in [6.07, 6.45) is -0.172. The first-order valence-electron chi connectivity index (χ1n) is 8.94. The number of rotatable bonds is 3. The molecule has 3 N–H and O–H groups in total. The molecule has 11 heteroatoms. The molecule has 2 amide bonds. The highest BCUT2D eigenvalue weighted by atomic mass is 35.5. The molecule has 29 heavy (non-hydrogen) atoms. The second-order valence-electron chi connectivity index (χ2n) is 6.70. The van der Waals surface area contributed by atoms with E-state index in [0.717, 1.165) is 0 Å². The van der Waals surface area contributed by atoms with Gasteiger partial charge in [-0.1, -0.05) is 23.2 Å². The standard InChI is InChI=1S/C18H17Cl2N5O4/c19-9-5-10(20)7-11(6-9)21-16(27)12-8-13(26)22-15-14(12)17(28)24-18(23-15)25-1-3-29-4-2-25/h5-7,12H,1-4,8H2,(H,21,27)(H2,22,23,24,26,28)/t12-/m1/s1. The van der Waals surface area contributed by atoms with E-state index in [1.807, 2.05) is 4.90 Å². The Kier molecular flexibility index (Phi) is 5.44. The Morgan fingerprint density at radius 3 is 2.55 bits per heavy atom. The lowest BCUT2D eigenvalue weighted by atomic mass is 9.92. The van der Waals surface area contributed by atoms with Crippen LogP contribution in [0.25, 0.3) is 0 Å². The summed E-state index contributed by atoms with van der Waals surface area (Å²) in [5.74, 6) is -1.49. The molecule has 1 saturated heterocycles. The molecule has 152 valence electrons. The fraction of sp³-hybridized carbons (Fsp3) is 0.333. The molecule has 0 radical (unpaired) electrons. The monoisotopic (exact) mass is 437 g/mol. The van der Waals surface area contributed by atoms with Crippen molar-refractivity contribution >= 4 is 52.5 Å². The van der Waals surface area contributed by atoms with E-state index < -0.39 is 23.3 Å². The van der Waals surface area contributed by atoms with Gasteiger partial charge >= 0.3 is 0 Å². The summed E-state index contributed by atoms with van der Waals surface area (Å²) < 4.78 is 5.30. The number of H-pyrrole nitrogens is 1. The molecule has 0 bridgehead atoms. The zero-order chi connectivity index (χ0) is 20.5. The van der Waals surface area contributed by atoms with Crippen molar-refractivity contribution in [3.05, 3.63) is 44.2 Å². The number of aromatic nitrogens is 2. The molecule has 9 nitrogen and oxygen atoms in total. The van der Waals surface area contributed by atoms with Crippen LogP contribution in [0.1, 0.15) is 17.9 Å². The highest BCUT2D eigenvalue weighted by molar-refractivity contribution is 6.35. The number of ether oxygens (including phenoxy) is 1. The number of halogens is 2. The number of amides is 2. The largest absolute Gasteiger partial charge is 0.378 e. The molecular formula is C18H17Cl2N5O4. The summed E-state index contributed by atoms with van der Waals surface area (Å²) in [5, 5.41) is 5.96. The van der Waals surface area contributed by atoms with Gasteiger partial charge in [0.05, 0.1) is 24.7 Å². The van der Waals surface area contributed by atoms with Crippen LogP contribution in [0.3, 0.4) is 0 Å². The quantitative estimate of drug-likeness (QED) is 0.675. The van der Waals surface area contributed by atoms with Gasteiger partial charge < -0.3 is 20.3 Å². The molecule has 1 aromatic heterocycles. The molecule has 1 fully saturated rings. The molecule has 0 spiro atoms. The number of carbonyl (C=O) groups excluding carboxylic acids is 2. The van der Waals surface area contributed by atoms with Gasteiger partial charge in [-0.05, 0) is 18.2 Å². The van der Waals surface area contributed by atoms with Crippen molar-refractivity contribution in [3.8, 4) is 0 Å². The number of morpholine rings is 1. The van der Waals surface area contributed by atoms with Crippen LogP contribution < -0.4 is 21.1 Å². The second kappa shape index (κ2) is 8.02. The van der Waals surface area contributed by atoms with Gasteiger partial charge in [0.1, 0.15) is 5.82 Å². The van der Waals surface area contributed by atoms with Crippen LogP contribution >= 0.6 is 23.2 Å². The Morgan fingerprint density at radius 1 is 1.17 bits per heavy atom. The van der Waals surface area contributed by atoms with Gasteiger partial charge in [0.15, 0.2) is 0 Å². The summed E-state index contributed by atoms with van der Waals surface area (Å²) in [6.45, 7) is 2.16. The lowest BCUT2D eigenvalue weighted by Gasteiger charge is -2.29. The minimum atomic E-state index is -0.994. The summed E-state index contributed by atoms with van der Waals surface area (Å²) in [4.78, 5) is 46.8. The number of nitrogens with one attached hydrogen (secondary N) is 3. The van der Waals surface area contributed by atoms with E-state index >= 15 is 0 Å². The number of carbonyl (C=O) groups is 2. The third-order valence-electron chi connectivity index (χ3n) is 4.70. The van der Waals surface area contributed by atoms with Crippen LogP contribution in [-0.4, -0.2) is 48.1 Å². The maximum absolute atomic E-state index is 12.9. The highest BCUT2D eigenvalue weighted by Gasteiger charge is 2.35. The Hall–Kier alpha value is -2.62. The summed E-state index contributed by atoms with van der Waals surface area (Å²) >= 11 is 11.9. The molecule has 0 unspecified atom stereocenters. The normalized spacial score (nSPS) is 18.8. The number of anilines is 3. The van der Waals surface area contributed by atoms with Gasteiger partial charge in [-0.2, -0.15) is 4.98 Å². The molecule has 1 aromatic carbocycles. The van der Waals surface area contributed by atoms with E-state index in [1.165, 1.54) is 18.2 Å². The van der Waals surface area contributed by atoms with E-state index in [9.17, 15) is 14.4 Å². The van der Waals surface area contributed by atoms with Crippen LogP contribution in [0, 0.1) is 0 Å². The molecule has 2 aliphatic heterocycles. The van der Waals surface area contributed by atoms with Gasteiger partial charge in [0, 0.05) is 35.2 Å². The van der Waals surface area contributed by atoms with Crippen molar-refractivity contribution in [2.75, 3.05) is 41.8 Å². The fourth-order valence-corrected chi connectivity index (χ4v) is 3.89. The van der Waals surface area contributed by atoms with E-state index in [-0.39, 0.29) is 17.8 Å². The zero-order valence-electron chi connectivity index (χ0n) is 15.1. The SMILES string of the molecule is O=C1C[C@@H](C(=O)Nc2cc(Cl)cc(Cl)c2)c2c(nc(N3CCOCC3)[nH]c2=O)N1. The Labute approximate surface area is 175 Å². The zero-order valence-corrected chi connectivity index (χ0v) is 16.6. The number of benzene rings is 1. The van der Waals surface area contributed by atoms with Crippen LogP contribution in [-0.2, 0) is 14.3 Å². The summed E-state index contributed by atoms with van der Waals surface area (Å²) in [5.41, 5.74) is 0.0161.